The van der Waals surface area contributed by atoms with Gasteiger partial charge in [0.2, 0.25) is 0 Å². The lowest BCUT2D eigenvalue weighted by Gasteiger charge is -2.06. The number of hydrogen-bond donors (Lipinski definition) is 0. The Bertz CT molecular complexity index is 897. The molecule has 86 valence electrons. The molecule has 0 saturated heterocycles. The molecule has 0 unspecified atom stereocenters. The normalized spacial score (nSPS) is 11.6. The highest BCUT2D eigenvalue weighted by molar-refractivity contribution is 9.10. The Kier molecular flexibility index (Phi) is 1.93. The first-order valence-electron chi connectivity index (χ1n) is 5.50. The van der Waals surface area contributed by atoms with Crippen LogP contribution >= 0.6 is 15.9 Å². The SMILES string of the molecule is Brc1cnc2c3ccccc3c3nccnc3n12. The fourth-order valence-corrected chi connectivity index (χ4v) is 2.73. The van der Waals surface area contributed by atoms with Crippen LogP contribution in [0.5, 0.6) is 0 Å². The number of benzene rings is 1. The van der Waals surface area contributed by atoms with Crippen molar-refractivity contribution in [2.24, 2.45) is 0 Å². The number of rotatable bonds is 0. The monoisotopic (exact) mass is 298 g/mol. The van der Waals surface area contributed by atoms with E-state index in [9.17, 15) is 0 Å². The molecule has 0 saturated carbocycles. The average Bonchev–Trinajstić information content (AvgIpc) is 2.82. The summed E-state index contributed by atoms with van der Waals surface area (Å²) >= 11 is 3.51. The van der Waals surface area contributed by atoms with Crippen LogP contribution in [0.15, 0.2) is 47.5 Å². The van der Waals surface area contributed by atoms with Gasteiger partial charge in [-0.15, -0.1) is 0 Å². The molecule has 0 bridgehead atoms. The second-order valence-corrected chi connectivity index (χ2v) is 4.83. The molecule has 3 aromatic heterocycles. The molecule has 0 aliphatic carbocycles. The molecule has 1 aromatic carbocycles. The fraction of sp³-hybridized carbons (Fsp3) is 0. The Balaban J connectivity index is 2.48. The molecule has 0 aliphatic heterocycles. The summed E-state index contributed by atoms with van der Waals surface area (Å²) in [5.74, 6) is 0. The summed E-state index contributed by atoms with van der Waals surface area (Å²) in [7, 11) is 0. The number of halogens is 1. The zero-order valence-corrected chi connectivity index (χ0v) is 10.8. The summed E-state index contributed by atoms with van der Waals surface area (Å²) in [5, 5.41) is 2.16. The van der Waals surface area contributed by atoms with E-state index in [0.29, 0.717) is 0 Å². The van der Waals surface area contributed by atoms with Crippen LogP contribution in [0.3, 0.4) is 0 Å². The maximum Gasteiger partial charge on any atom is 0.166 e. The Morgan fingerprint density at radius 1 is 0.889 bits per heavy atom. The van der Waals surface area contributed by atoms with E-state index < -0.39 is 0 Å². The third kappa shape index (κ3) is 1.17. The predicted molar refractivity (Wildman–Crippen MR) is 73.5 cm³/mol. The molecule has 0 amide bonds. The van der Waals surface area contributed by atoms with Gasteiger partial charge in [0, 0.05) is 23.2 Å². The van der Waals surface area contributed by atoms with Gasteiger partial charge in [0.1, 0.15) is 15.8 Å². The van der Waals surface area contributed by atoms with E-state index in [-0.39, 0.29) is 0 Å². The van der Waals surface area contributed by atoms with Crippen molar-refractivity contribution in [1.82, 2.24) is 19.4 Å². The molecule has 4 aromatic rings. The van der Waals surface area contributed by atoms with Gasteiger partial charge in [0.15, 0.2) is 5.65 Å². The number of hydrogen-bond acceptors (Lipinski definition) is 3. The lowest BCUT2D eigenvalue weighted by molar-refractivity contribution is 1.15. The number of aromatic nitrogens is 4. The van der Waals surface area contributed by atoms with Crippen molar-refractivity contribution >= 4 is 43.5 Å². The van der Waals surface area contributed by atoms with Gasteiger partial charge in [-0.2, -0.15) is 0 Å². The van der Waals surface area contributed by atoms with Gasteiger partial charge in [-0.1, -0.05) is 24.3 Å². The van der Waals surface area contributed by atoms with Crippen LogP contribution in [0.25, 0.3) is 27.6 Å². The molecular weight excluding hydrogens is 292 g/mol. The highest BCUT2D eigenvalue weighted by Gasteiger charge is 2.12. The van der Waals surface area contributed by atoms with Gasteiger partial charge in [-0.3, -0.25) is 9.38 Å². The molecular formula is C13H7BrN4. The minimum Gasteiger partial charge on any atom is -0.269 e. The third-order valence-corrected chi connectivity index (χ3v) is 3.59. The topological polar surface area (TPSA) is 43.1 Å². The van der Waals surface area contributed by atoms with E-state index in [1.807, 2.05) is 16.5 Å². The van der Waals surface area contributed by atoms with Gasteiger partial charge < -0.3 is 0 Å². The highest BCUT2D eigenvalue weighted by atomic mass is 79.9. The largest absolute Gasteiger partial charge is 0.269 e. The minimum absolute atomic E-state index is 0.815. The van der Waals surface area contributed by atoms with E-state index in [4.69, 9.17) is 0 Å². The molecule has 0 aliphatic rings. The number of imidazole rings is 1. The van der Waals surface area contributed by atoms with Gasteiger partial charge >= 0.3 is 0 Å². The van der Waals surface area contributed by atoms with Crippen molar-refractivity contribution in [1.29, 1.82) is 0 Å². The first-order valence-corrected chi connectivity index (χ1v) is 6.30. The van der Waals surface area contributed by atoms with Crippen LogP contribution in [-0.4, -0.2) is 19.4 Å². The lowest BCUT2D eigenvalue weighted by atomic mass is 10.1. The van der Waals surface area contributed by atoms with E-state index in [1.165, 1.54) is 0 Å². The van der Waals surface area contributed by atoms with Crippen molar-refractivity contribution in [2.75, 3.05) is 0 Å². The van der Waals surface area contributed by atoms with Gasteiger partial charge in [-0.25, -0.2) is 9.97 Å². The summed E-state index contributed by atoms with van der Waals surface area (Å²) in [6.07, 6.45) is 5.20. The zero-order valence-electron chi connectivity index (χ0n) is 9.21. The lowest BCUT2D eigenvalue weighted by Crippen LogP contribution is -1.95. The van der Waals surface area contributed by atoms with Crippen LogP contribution in [0.2, 0.25) is 0 Å². The second kappa shape index (κ2) is 3.49. The molecule has 0 radical (unpaired) electrons. The Labute approximate surface area is 110 Å². The maximum absolute atomic E-state index is 4.45. The standard InChI is InChI=1S/C13H7BrN4/c14-10-7-17-12-9-4-2-1-3-8(9)11-13(18(10)12)16-6-5-15-11/h1-7H. The predicted octanol–water partition coefficient (Wildman–Crippen LogP) is 3.19. The highest BCUT2D eigenvalue weighted by Crippen LogP contribution is 2.28. The van der Waals surface area contributed by atoms with Gasteiger partial charge in [0.05, 0.1) is 6.20 Å². The minimum atomic E-state index is 0.815. The Morgan fingerprint density at radius 2 is 1.67 bits per heavy atom. The van der Waals surface area contributed by atoms with Crippen molar-refractivity contribution in [3.05, 3.63) is 47.5 Å². The molecule has 0 fully saturated rings. The van der Waals surface area contributed by atoms with Crippen molar-refractivity contribution in [3.8, 4) is 0 Å². The van der Waals surface area contributed by atoms with Crippen LogP contribution in [0.1, 0.15) is 0 Å². The smallest absolute Gasteiger partial charge is 0.166 e. The van der Waals surface area contributed by atoms with Crippen LogP contribution in [0, 0.1) is 0 Å². The molecule has 3 heterocycles. The van der Waals surface area contributed by atoms with E-state index in [1.54, 1.807) is 18.6 Å². The quantitative estimate of drug-likeness (QED) is 0.468. The molecule has 4 rings (SSSR count). The maximum atomic E-state index is 4.45. The van der Waals surface area contributed by atoms with Crippen LogP contribution < -0.4 is 0 Å². The molecule has 0 atom stereocenters. The van der Waals surface area contributed by atoms with E-state index in [0.717, 1.165) is 32.2 Å². The molecule has 4 nitrogen and oxygen atoms in total. The summed E-state index contributed by atoms with van der Waals surface area (Å²) in [6, 6.07) is 8.12. The second-order valence-electron chi connectivity index (χ2n) is 4.01. The van der Waals surface area contributed by atoms with Crippen LogP contribution in [-0.2, 0) is 0 Å². The van der Waals surface area contributed by atoms with Crippen molar-refractivity contribution < 1.29 is 0 Å². The Morgan fingerprint density at radius 3 is 2.56 bits per heavy atom. The van der Waals surface area contributed by atoms with Crippen LogP contribution in [0.4, 0.5) is 0 Å². The molecule has 0 spiro atoms. The van der Waals surface area contributed by atoms with Crippen molar-refractivity contribution in [3.63, 3.8) is 0 Å². The summed E-state index contributed by atoms with van der Waals surface area (Å²) < 4.78 is 2.86. The molecule has 5 heteroatoms. The van der Waals surface area contributed by atoms with Crippen molar-refractivity contribution in [2.45, 2.75) is 0 Å². The fourth-order valence-electron chi connectivity index (χ4n) is 2.29. The number of pyridine rings is 1. The number of nitrogens with zero attached hydrogens (tertiary/aromatic N) is 4. The number of fused-ring (bicyclic) bond motifs is 6. The average molecular weight is 299 g/mol. The van der Waals surface area contributed by atoms with E-state index >= 15 is 0 Å². The summed E-state index contributed by atoms with van der Waals surface area (Å²) in [6.45, 7) is 0. The van der Waals surface area contributed by atoms with Gasteiger partial charge in [0.25, 0.3) is 0 Å². The zero-order chi connectivity index (χ0) is 12.1. The molecule has 0 N–H and O–H groups in total. The van der Waals surface area contributed by atoms with E-state index in [2.05, 4.69) is 43.0 Å². The first-order chi connectivity index (χ1) is 8.86. The molecule has 18 heavy (non-hydrogen) atoms. The first kappa shape index (κ1) is 9.96. The Hall–Kier alpha value is -2.01. The summed E-state index contributed by atoms with van der Waals surface area (Å²) in [5.41, 5.74) is 2.60. The third-order valence-electron chi connectivity index (χ3n) is 3.03. The summed E-state index contributed by atoms with van der Waals surface area (Å²) in [4.78, 5) is 13.3. The van der Waals surface area contributed by atoms with Gasteiger partial charge in [-0.05, 0) is 15.9 Å².